The number of aryl methyl sites for hydroxylation is 1. The number of nitrogens with zero attached hydrogens (tertiary/aromatic N) is 3. The zero-order valence-electron chi connectivity index (χ0n) is 24.4. The van der Waals surface area contributed by atoms with Gasteiger partial charge in [-0.3, -0.25) is 19.7 Å². The van der Waals surface area contributed by atoms with Crippen molar-refractivity contribution in [3.63, 3.8) is 0 Å². The van der Waals surface area contributed by atoms with Gasteiger partial charge in [0.2, 0.25) is 0 Å². The fourth-order valence-corrected chi connectivity index (χ4v) is 4.74. The summed E-state index contributed by atoms with van der Waals surface area (Å²) in [6.45, 7) is 4.34. The second-order valence-corrected chi connectivity index (χ2v) is 9.63. The number of hydrogen-bond acceptors (Lipinski definition) is 6. The van der Waals surface area contributed by atoms with Crippen molar-refractivity contribution >= 4 is 28.7 Å². The molecule has 10 heteroatoms. The Balaban J connectivity index is 0.00000207. The summed E-state index contributed by atoms with van der Waals surface area (Å²) in [5, 5.41) is 16.7. The van der Waals surface area contributed by atoms with E-state index in [0.29, 0.717) is 31.4 Å². The fourth-order valence-electron chi connectivity index (χ4n) is 4.74. The molecular formula is C33H35N5O5. The number of fused-ring (bicyclic) bond motifs is 1. The molecule has 2 aromatic heterocycles. The molecule has 0 radical (unpaired) electrons. The fraction of sp³-hybridized carbons (Fsp3) is 0.242. The first kappa shape index (κ1) is 30.7. The number of nitrogens with one attached hydrogen (secondary N) is 2. The largest absolute Gasteiger partial charge is 0.433 e. The Morgan fingerprint density at radius 2 is 1.56 bits per heavy atom. The van der Waals surface area contributed by atoms with E-state index in [1.807, 2.05) is 104 Å². The van der Waals surface area contributed by atoms with Gasteiger partial charge >= 0.3 is 5.88 Å². The van der Waals surface area contributed by atoms with Crippen molar-refractivity contribution < 1.29 is 18.9 Å². The molecule has 2 amide bonds. The number of amides is 2. The minimum atomic E-state index is -0.691. The summed E-state index contributed by atoms with van der Waals surface area (Å²) in [5.41, 5.74) is 4.47. The molecule has 1 atom stereocenters. The molecule has 0 saturated heterocycles. The first-order valence-electron chi connectivity index (χ1n) is 14.3. The summed E-state index contributed by atoms with van der Waals surface area (Å²) in [6.07, 6.45) is 1.89. The minimum absolute atomic E-state index is 0.111. The van der Waals surface area contributed by atoms with Crippen LogP contribution in [0.2, 0.25) is 0 Å². The van der Waals surface area contributed by atoms with Crippen LogP contribution in [0.1, 0.15) is 65.9 Å². The quantitative estimate of drug-likeness (QED) is 0.0997. The molecule has 222 valence electrons. The minimum Gasteiger partial charge on any atom is -0.395 e. The molecule has 0 aliphatic carbocycles. The lowest BCUT2D eigenvalue weighted by Crippen LogP contribution is -2.30. The van der Waals surface area contributed by atoms with Gasteiger partial charge in [0.05, 0.1) is 23.1 Å². The Labute approximate surface area is 249 Å². The monoisotopic (exact) mass is 581 g/mol. The van der Waals surface area contributed by atoms with Gasteiger partial charge in [-0.1, -0.05) is 68.4 Å². The van der Waals surface area contributed by atoms with Crippen LogP contribution in [0, 0.1) is 10.1 Å². The molecule has 0 bridgehead atoms. The third-order valence-corrected chi connectivity index (χ3v) is 6.89. The van der Waals surface area contributed by atoms with Crippen molar-refractivity contribution in [1.29, 1.82) is 0 Å². The number of furan rings is 1. The molecule has 3 aromatic carbocycles. The van der Waals surface area contributed by atoms with Gasteiger partial charge in [0.15, 0.2) is 5.76 Å². The third-order valence-electron chi connectivity index (χ3n) is 6.89. The number of hydrogen-bond donors (Lipinski definition) is 2. The first-order valence-corrected chi connectivity index (χ1v) is 14.3. The van der Waals surface area contributed by atoms with E-state index in [1.165, 1.54) is 6.07 Å². The highest BCUT2D eigenvalue weighted by Crippen LogP contribution is 2.25. The average Bonchev–Trinajstić information content (AvgIpc) is 3.68. The number of rotatable bonds is 11. The Morgan fingerprint density at radius 3 is 2.23 bits per heavy atom. The van der Waals surface area contributed by atoms with Gasteiger partial charge in [-0.15, -0.1) is 0 Å². The van der Waals surface area contributed by atoms with E-state index in [0.717, 1.165) is 34.1 Å². The molecule has 0 spiro atoms. The van der Waals surface area contributed by atoms with E-state index < -0.39 is 16.7 Å². The van der Waals surface area contributed by atoms with E-state index >= 15 is 0 Å². The summed E-state index contributed by atoms with van der Waals surface area (Å²) in [6, 6.07) is 27.3. The smallest absolute Gasteiger partial charge is 0.395 e. The molecule has 0 fully saturated rings. The zero-order valence-corrected chi connectivity index (χ0v) is 24.4. The van der Waals surface area contributed by atoms with Crippen LogP contribution in [0.3, 0.4) is 0 Å². The second kappa shape index (κ2) is 14.6. The summed E-state index contributed by atoms with van der Waals surface area (Å²) in [5.74, 6) is -0.565. The number of carbonyl (C=O) groups is 2. The molecule has 43 heavy (non-hydrogen) atoms. The molecule has 10 nitrogen and oxygen atoms in total. The second-order valence-electron chi connectivity index (χ2n) is 9.63. The van der Waals surface area contributed by atoms with Crippen molar-refractivity contribution in [2.75, 3.05) is 6.54 Å². The summed E-state index contributed by atoms with van der Waals surface area (Å²) in [4.78, 5) is 40.5. The van der Waals surface area contributed by atoms with Crippen LogP contribution in [0.5, 0.6) is 0 Å². The highest BCUT2D eigenvalue weighted by atomic mass is 16.6. The maximum Gasteiger partial charge on any atom is 0.433 e. The van der Waals surface area contributed by atoms with Crippen molar-refractivity contribution in [2.24, 2.45) is 7.05 Å². The van der Waals surface area contributed by atoms with E-state index in [2.05, 4.69) is 10.6 Å². The molecule has 0 saturated carbocycles. The normalized spacial score (nSPS) is 11.3. The van der Waals surface area contributed by atoms with Crippen LogP contribution in [0.4, 0.5) is 5.88 Å². The number of imidazole rings is 1. The van der Waals surface area contributed by atoms with Crippen LogP contribution in [-0.4, -0.2) is 32.8 Å². The summed E-state index contributed by atoms with van der Waals surface area (Å²) >= 11 is 0. The van der Waals surface area contributed by atoms with Gasteiger partial charge in [-0.05, 0) is 60.7 Å². The van der Waals surface area contributed by atoms with E-state index in [4.69, 9.17) is 9.40 Å². The maximum absolute atomic E-state index is 13.3. The van der Waals surface area contributed by atoms with E-state index in [9.17, 15) is 19.7 Å². The van der Waals surface area contributed by atoms with Gasteiger partial charge in [-0.25, -0.2) is 4.98 Å². The third kappa shape index (κ3) is 7.53. The predicted molar refractivity (Wildman–Crippen MR) is 166 cm³/mol. The number of carbonyl (C=O) groups excluding carboxylic acids is 2. The van der Waals surface area contributed by atoms with Crippen molar-refractivity contribution in [3.05, 3.63) is 118 Å². The SMILES string of the molecule is CC.Cn1c(C(CCCCNC(=O)c2ccc([N+](=O)[O-])o2)NC(=O)c2ccc(-c3ccccc3)cc2)nc2ccccc21. The average molecular weight is 582 g/mol. The van der Waals surface area contributed by atoms with Gasteiger partial charge in [-0.2, -0.15) is 0 Å². The number of benzene rings is 3. The highest BCUT2D eigenvalue weighted by molar-refractivity contribution is 5.95. The van der Waals surface area contributed by atoms with Crippen molar-refractivity contribution in [3.8, 4) is 11.1 Å². The Kier molecular flexibility index (Phi) is 10.4. The highest BCUT2D eigenvalue weighted by Gasteiger charge is 2.22. The molecule has 5 rings (SSSR count). The molecule has 1 unspecified atom stereocenters. The van der Waals surface area contributed by atoms with E-state index in [1.54, 1.807) is 0 Å². The van der Waals surface area contributed by atoms with Crippen molar-refractivity contribution in [1.82, 2.24) is 20.2 Å². The number of aromatic nitrogens is 2. The molecule has 2 N–H and O–H groups in total. The molecule has 2 heterocycles. The Bertz CT molecular complexity index is 1680. The van der Waals surface area contributed by atoms with Crippen LogP contribution < -0.4 is 10.6 Å². The summed E-state index contributed by atoms with van der Waals surface area (Å²) < 4.78 is 6.94. The van der Waals surface area contributed by atoms with Gasteiger partial charge < -0.3 is 19.6 Å². The standard InChI is InChI=1S/C31H29N5O5.C2H6/c1-35-26-13-6-5-11-24(26)33-29(35)25(12-7-8-20-32-31(38)27-18-19-28(41-27)36(39)40)34-30(37)23-16-14-22(15-17-23)21-9-3-2-4-10-21;1-2/h2-6,9-11,13-19,25H,7-8,12,20H2,1H3,(H,32,38)(H,34,37);1-2H3. The topological polar surface area (TPSA) is 132 Å². The maximum atomic E-state index is 13.3. The van der Waals surface area contributed by atoms with Gasteiger partial charge in [0.1, 0.15) is 10.7 Å². The number of nitro groups is 1. The Morgan fingerprint density at radius 1 is 0.884 bits per heavy atom. The first-order chi connectivity index (χ1) is 20.9. The lowest BCUT2D eigenvalue weighted by Gasteiger charge is -2.19. The lowest BCUT2D eigenvalue weighted by molar-refractivity contribution is -0.402. The van der Waals surface area contributed by atoms with Crippen molar-refractivity contribution in [2.45, 2.75) is 39.2 Å². The molecular weight excluding hydrogens is 546 g/mol. The Hall–Kier alpha value is -5.25. The number of para-hydroxylation sites is 2. The predicted octanol–water partition coefficient (Wildman–Crippen LogP) is 6.84. The van der Waals surface area contributed by atoms with E-state index in [-0.39, 0.29) is 17.7 Å². The van der Waals surface area contributed by atoms with Gasteiger partial charge in [0.25, 0.3) is 11.8 Å². The van der Waals surface area contributed by atoms with Crippen LogP contribution in [0.25, 0.3) is 22.2 Å². The van der Waals surface area contributed by atoms with Crippen LogP contribution in [0.15, 0.2) is 95.4 Å². The zero-order chi connectivity index (χ0) is 30.8. The van der Waals surface area contributed by atoms with Crippen LogP contribution >= 0.6 is 0 Å². The molecule has 5 aromatic rings. The van der Waals surface area contributed by atoms with Crippen LogP contribution in [-0.2, 0) is 7.05 Å². The summed E-state index contributed by atoms with van der Waals surface area (Å²) in [7, 11) is 1.93. The number of unbranched alkanes of at least 4 members (excludes halogenated alkanes) is 1. The molecule has 0 aliphatic rings. The van der Waals surface area contributed by atoms with Gasteiger partial charge in [0, 0.05) is 19.2 Å². The lowest BCUT2D eigenvalue weighted by atomic mass is 10.0. The molecule has 0 aliphatic heterocycles.